The van der Waals surface area contributed by atoms with Crippen molar-refractivity contribution >= 4 is 11.8 Å². The number of carbonyl (C=O) groups excluding carboxylic acids is 2. The smallest absolute Gasteiger partial charge is 0.289 e. The first-order chi connectivity index (χ1) is 14.1. The molecule has 0 aliphatic carbocycles. The van der Waals surface area contributed by atoms with Gasteiger partial charge in [-0.15, -0.1) is 0 Å². The van der Waals surface area contributed by atoms with E-state index in [9.17, 15) is 9.59 Å². The molecule has 2 saturated heterocycles. The van der Waals surface area contributed by atoms with Gasteiger partial charge in [0.15, 0.2) is 5.76 Å². The maximum absolute atomic E-state index is 12.5. The lowest BCUT2D eigenvalue weighted by Gasteiger charge is -2.46. The van der Waals surface area contributed by atoms with Gasteiger partial charge in [-0.05, 0) is 49.3 Å². The molecule has 6 heteroatoms. The SMILES string of the molecule is O=C(CC1CCOC2(CCN(C(=O)c3ccco3)CC2)C1)NCc1ccccc1. The summed E-state index contributed by atoms with van der Waals surface area (Å²) in [4.78, 5) is 26.7. The van der Waals surface area contributed by atoms with Gasteiger partial charge in [0.2, 0.25) is 5.91 Å². The van der Waals surface area contributed by atoms with Crippen molar-refractivity contribution in [2.75, 3.05) is 19.7 Å². The number of piperidine rings is 1. The highest BCUT2D eigenvalue weighted by atomic mass is 16.5. The molecule has 0 radical (unpaired) electrons. The molecular formula is C23H28N2O4. The Morgan fingerprint density at radius 2 is 1.90 bits per heavy atom. The number of nitrogens with zero attached hydrogens (tertiary/aromatic N) is 1. The Morgan fingerprint density at radius 3 is 2.62 bits per heavy atom. The van der Waals surface area contributed by atoms with Crippen LogP contribution in [-0.2, 0) is 16.1 Å². The van der Waals surface area contributed by atoms with Crippen molar-refractivity contribution in [3.63, 3.8) is 0 Å². The molecule has 1 aromatic heterocycles. The topological polar surface area (TPSA) is 71.8 Å². The maximum Gasteiger partial charge on any atom is 0.289 e. The van der Waals surface area contributed by atoms with Gasteiger partial charge in [0.25, 0.3) is 5.91 Å². The van der Waals surface area contributed by atoms with Gasteiger partial charge in [0.05, 0.1) is 11.9 Å². The van der Waals surface area contributed by atoms with E-state index in [1.807, 2.05) is 35.2 Å². The molecule has 4 rings (SSSR count). The van der Waals surface area contributed by atoms with Crippen LogP contribution in [0.25, 0.3) is 0 Å². The molecule has 1 spiro atoms. The molecule has 1 atom stereocenters. The van der Waals surface area contributed by atoms with Crippen LogP contribution in [-0.4, -0.2) is 42.0 Å². The number of ether oxygens (including phenoxy) is 1. The number of furan rings is 1. The Balaban J connectivity index is 1.26. The lowest BCUT2D eigenvalue weighted by Crippen LogP contribution is -2.51. The van der Waals surface area contributed by atoms with Crippen LogP contribution in [0.15, 0.2) is 53.1 Å². The highest BCUT2D eigenvalue weighted by Gasteiger charge is 2.41. The molecule has 1 aromatic carbocycles. The molecule has 2 fully saturated rings. The number of likely N-dealkylation sites (tertiary alicyclic amines) is 1. The van der Waals surface area contributed by atoms with Crippen LogP contribution >= 0.6 is 0 Å². The Hall–Kier alpha value is -2.60. The molecule has 154 valence electrons. The first kappa shape index (κ1) is 19.7. The van der Waals surface area contributed by atoms with Crippen LogP contribution < -0.4 is 5.32 Å². The molecule has 3 heterocycles. The van der Waals surface area contributed by atoms with Gasteiger partial charge in [-0.3, -0.25) is 9.59 Å². The van der Waals surface area contributed by atoms with E-state index in [2.05, 4.69) is 5.32 Å². The van der Waals surface area contributed by atoms with Crippen molar-refractivity contribution in [1.29, 1.82) is 0 Å². The maximum atomic E-state index is 12.5. The summed E-state index contributed by atoms with van der Waals surface area (Å²) in [7, 11) is 0. The molecule has 2 amide bonds. The summed E-state index contributed by atoms with van der Waals surface area (Å²) in [6, 6.07) is 13.4. The molecule has 29 heavy (non-hydrogen) atoms. The Morgan fingerprint density at radius 1 is 1.10 bits per heavy atom. The second kappa shape index (κ2) is 8.82. The van der Waals surface area contributed by atoms with E-state index in [1.165, 1.54) is 6.26 Å². The molecular weight excluding hydrogens is 368 g/mol. The van der Waals surface area contributed by atoms with Gasteiger partial charge >= 0.3 is 0 Å². The summed E-state index contributed by atoms with van der Waals surface area (Å²) in [6.07, 6.45) is 5.47. The number of hydrogen-bond acceptors (Lipinski definition) is 4. The van der Waals surface area contributed by atoms with E-state index in [-0.39, 0.29) is 17.4 Å². The van der Waals surface area contributed by atoms with E-state index in [0.29, 0.717) is 44.3 Å². The molecule has 0 saturated carbocycles. The van der Waals surface area contributed by atoms with Gasteiger partial charge in [-0.25, -0.2) is 0 Å². The minimum absolute atomic E-state index is 0.0579. The zero-order chi connectivity index (χ0) is 20.1. The number of hydrogen-bond donors (Lipinski definition) is 1. The molecule has 6 nitrogen and oxygen atoms in total. The Labute approximate surface area is 171 Å². The van der Waals surface area contributed by atoms with Crippen molar-refractivity contribution < 1.29 is 18.7 Å². The fourth-order valence-electron chi connectivity index (χ4n) is 4.46. The van der Waals surface area contributed by atoms with Crippen molar-refractivity contribution in [1.82, 2.24) is 10.2 Å². The molecule has 2 aliphatic rings. The molecule has 1 N–H and O–H groups in total. The highest BCUT2D eigenvalue weighted by molar-refractivity contribution is 5.91. The quantitative estimate of drug-likeness (QED) is 0.841. The van der Waals surface area contributed by atoms with E-state index in [1.54, 1.807) is 12.1 Å². The van der Waals surface area contributed by atoms with Crippen LogP contribution in [0.4, 0.5) is 0 Å². The Kier molecular flexibility index (Phi) is 6.00. The summed E-state index contributed by atoms with van der Waals surface area (Å²) in [5, 5.41) is 3.03. The van der Waals surface area contributed by atoms with E-state index in [4.69, 9.17) is 9.15 Å². The zero-order valence-electron chi connectivity index (χ0n) is 16.6. The predicted molar refractivity (Wildman–Crippen MR) is 108 cm³/mol. The summed E-state index contributed by atoms with van der Waals surface area (Å²) >= 11 is 0. The molecule has 1 unspecified atom stereocenters. The number of amides is 2. The van der Waals surface area contributed by atoms with Gasteiger partial charge in [-0.2, -0.15) is 0 Å². The van der Waals surface area contributed by atoms with Gasteiger partial charge < -0.3 is 19.4 Å². The molecule has 2 aliphatic heterocycles. The lowest BCUT2D eigenvalue weighted by atomic mass is 9.78. The lowest BCUT2D eigenvalue weighted by molar-refractivity contribution is -0.134. The second-order valence-electron chi connectivity index (χ2n) is 8.13. The minimum Gasteiger partial charge on any atom is -0.459 e. The van der Waals surface area contributed by atoms with Gasteiger partial charge in [-0.1, -0.05) is 30.3 Å². The Bertz CT molecular complexity index is 811. The average Bonchev–Trinajstić information content (AvgIpc) is 3.28. The van der Waals surface area contributed by atoms with Crippen molar-refractivity contribution in [3.05, 3.63) is 60.1 Å². The number of carbonyl (C=O) groups is 2. The average molecular weight is 396 g/mol. The highest BCUT2D eigenvalue weighted by Crippen LogP contribution is 2.39. The third-order valence-electron chi connectivity index (χ3n) is 6.10. The second-order valence-corrected chi connectivity index (χ2v) is 8.13. The zero-order valence-corrected chi connectivity index (χ0v) is 16.6. The van der Waals surface area contributed by atoms with Crippen molar-refractivity contribution in [2.45, 2.75) is 44.2 Å². The predicted octanol–water partition coefficient (Wildman–Crippen LogP) is 3.39. The summed E-state index contributed by atoms with van der Waals surface area (Å²) in [6.45, 7) is 2.57. The van der Waals surface area contributed by atoms with Gasteiger partial charge in [0, 0.05) is 32.7 Å². The number of rotatable bonds is 5. The normalized spacial score (nSPS) is 21.1. The fourth-order valence-corrected chi connectivity index (χ4v) is 4.46. The van der Waals surface area contributed by atoms with E-state index >= 15 is 0 Å². The van der Waals surface area contributed by atoms with Crippen LogP contribution in [0, 0.1) is 5.92 Å². The largest absolute Gasteiger partial charge is 0.459 e. The van der Waals surface area contributed by atoms with Crippen molar-refractivity contribution in [2.24, 2.45) is 5.92 Å². The summed E-state index contributed by atoms with van der Waals surface area (Å²) in [5.41, 5.74) is 0.903. The van der Waals surface area contributed by atoms with Crippen LogP contribution in [0.5, 0.6) is 0 Å². The van der Waals surface area contributed by atoms with Crippen LogP contribution in [0.1, 0.15) is 48.2 Å². The van der Waals surface area contributed by atoms with E-state index < -0.39 is 0 Å². The fraction of sp³-hybridized carbons (Fsp3) is 0.478. The monoisotopic (exact) mass is 396 g/mol. The molecule has 0 bridgehead atoms. The third kappa shape index (κ3) is 4.88. The van der Waals surface area contributed by atoms with Crippen LogP contribution in [0.3, 0.4) is 0 Å². The van der Waals surface area contributed by atoms with Gasteiger partial charge in [0.1, 0.15) is 0 Å². The minimum atomic E-state index is -0.206. The summed E-state index contributed by atoms with van der Waals surface area (Å²) in [5.74, 6) is 0.754. The first-order valence-corrected chi connectivity index (χ1v) is 10.4. The van der Waals surface area contributed by atoms with Crippen LogP contribution in [0.2, 0.25) is 0 Å². The number of benzene rings is 1. The van der Waals surface area contributed by atoms with E-state index in [0.717, 1.165) is 31.2 Å². The number of nitrogens with one attached hydrogen (secondary N) is 1. The summed E-state index contributed by atoms with van der Waals surface area (Å²) < 4.78 is 11.4. The molecule has 2 aromatic rings. The third-order valence-corrected chi connectivity index (χ3v) is 6.10. The standard InChI is InChI=1S/C23H28N2O4/c26-21(24-17-18-5-2-1-3-6-18)15-19-8-14-29-23(16-19)9-11-25(12-10-23)22(27)20-7-4-13-28-20/h1-7,13,19H,8-12,14-17H2,(H,24,26). The van der Waals surface area contributed by atoms with Crippen molar-refractivity contribution in [3.8, 4) is 0 Å². The first-order valence-electron chi connectivity index (χ1n) is 10.4.